The van der Waals surface area contributed by atoms with Crippen molar-refractivity contribution in [2.45, 2.75) is 0 Å². The fourth-order valence-corrected chi connectivity index (χ4v) is 8.50. The van der Waals surface area contributed by atoms with Gasteiger partial charge in [-0.25, -0.2) is 0 Å². The standard InChI is InChI=1S/C46H29NOS/c1-2-12-35(13-3-1)47(36-24-20-31(21-25-36)34-19-18-30-10-4-5-11-33(30)28-34)37-26-22-32(23-27-37)40-29-41-38-14-7-9-17-43(38)49-46(41)44-39-15-6-8-16-42(39)48-45(40)44/h1-29H. The van der Waals surface area contributed by atoms with Gasteiger partial charge in [-0.05, 0) is 88.1 Å². The Balaban J connectivity index is 1.09. The maximum Gasteiger partial charge on any atom is 0.144 e. The molecular formula is C46H29NOS. The van der Waals surface area contributed by atoms with E-state index < -0.39 is 0 Å². The molecule has 2 nitrogen and oxygen atoms in total. The molecule has 10 aromatic rings. The average Bonchev–Trinajstić information content (AvgIpc) is 3.74. The second-order valence-electron chi connectivity index (χ2n) is 12.5. The van der Waals surface area contributed by atoms with E-state index in [1.54, 1.807) is 0 Å². The lowest BCUT2D eigenvalue weighted by atomic mass is 9.98. The summed E-state index contributed by atoms with van der Waals surface area (Å²) in [5.41, 5.74) is 9.83. The van der Waals surface area contributed by atoms with Crippen LogP contribution in [0.15, 0.2) is 180 Å². The third kappa shape index (κ3) is 4.62. The van der Waals surface area contributed by atoms with Crippen LogP contribution in [0.4, 0.5) is 17.1 Å². The second-order valence-corrected chi connectivity index (χ2v) is 13.6. The molecular weight excluding hydrogens is 615 g/mol. The number of fused-ring (bicyclic) bond motifs is 8. The van der Waals surface area contributed by atoms with Crippen molar-refractivity contribution in [1.82, 2.24) is 0 Å². The lowest BCUT2D eigenvalue weighted by Gasteiger charge is -2.26. The molecule has 0 saturated carbocycles. The van der Waals surface area contributed by atoms with Gasteiger partial charge in [-0.3, -0.25) is 0 Å². The van der Waals surface area contributed by atoms with Crippen LogP contribution in [0.3, 0.4) is 0 Å². The molecule has 230 valence electrons. The molecule has 49 heavy (non-hydrogen) atoms. The fraction of sp³-hybridized carbons (Fsp3) is 0. The number of hydrogen-bond acceptors (Lipinski definition) is 3. The van der Waals surface area contributed by atoms with Crippen molar-refractivity contribution in [2.75, 3.05) is 4.90 Å². The monoisotopic (exact) mass is 643 g/mol. The molecule has 8 aromatic carbocycles. The predicted octanol–water partition coefficient (Wildman–Crippen LogP) is 13.9. The summed E-state index contributed by atoms with van der Waals surface area (Å²) < 4.78 is 9.20. The highest BCUT2D eigenvalue weighted by atomic mass is 32.1. The third-order valence-corrected chi connectivity index (χ3v) is 10.9. The molecule has 0 aliphatic heterocycles. The van der Waals surface area contributed by atoms with Gasteiger partial charge in [0.2, 0.25) is 0 Å². The molecule has 3 heteroatoms. The van der Waals surface area contributed by atoms with Crippen molar-refractivity contribution in [2.24, 2.45) is 0 Å². The maximum absolute atomic E-state index is 6.63. The Morgan fingerprint density at radius 3 is 1.84 bits per heavy atom. The number of hydrogen-bond donors (Lipinski definition) is 0. The summed E-state index contributed by atoms with van der Waals surface area (Å²) in [6.07, 6.45) is 0. The van der Waals surface area contributed by atoms with Crippen LogP contribution in [-0.2, 0) is 0 Å². The molecule has 0 aliphatic carbocycles. The van der Waals surface area contributed by atoms with Gasteiger partial charge in [0, 0.05) is 53.6 Å². The second kappa shape index (κ2) is 11.2. The van der Waals surface area contributed by atoms with E-state index in [2.05, 4.69) is 175 Å². The molecule has 2 aromatic heterocycles. The summed E-state index contributed by atoms with van der Waals surface area (Å²) in [4.78, 5) is 2.32. The molecule has 0 atom stereocenters. The lowest BCUT2D eigenvalue weighted by molar-refractivity contribution is 0.670. The Morgan fingerprint density at radius 2 is 1.04 bits per heavy atom. The average molecular weight is 644 g/mol. The van der Waals surface area contributed by atoms with E-state index in [4.69, 9.17) is 4.42 Å². The Labute approximate surface area is 287 Å². The summed E-state index contributed by atoms with van der Waals surface area (Å²) in [7, 11) is 0. The van der Waals surface area contributed by atoms with Crippen LogP contribution in [0, 0.1) is 0 Å². The zero-order valence-corrected chi connectivity index (χ0v) is 27.3. The number of para-hydroxylation sites is 2. The SMILES string of the molecule is c1ccc(N(c2ccc(-c3ccc4ccccc4c3)cc2)c2ccc(-c3cc4c5ccccc5sc4c4c3oc3ccccc34)cc2)cc1. The quantitative estimate of drug-likeness (QED) is 0.186. The molecule has 0 fully saturated rings. The molecule has 0 bridgehead atoms. The number of nitrogens with zero attached hydrogens (tertiary/aromatic N) is 1. The van der Waals surface area contributed by atoms with Crippen LogP contribution in [0.25, 0.3) is 75.1 Å². The van der Waals surface area contributed by atoms with Gasteiger partial charge in [-0.1, -0.05) is 115 Å². The first-order chi connectivity index (χ1) is 24.3. The summed E-state index contributed by atoms with van der Waals surface area (Å²) in [6.45, 7) is 0. The number of rotatable bonds is 5. The molecule has 0 amide bonds. The smallest absolute Gasteiger partial charge is 0.144 e. The molecule has 0 saturated heterocycles. The van der Waals surface area contributed by atoms with Gasteiger partial charge in [-0.2, -0.15) is 0 Å². The summed E-state index contributed by atoms with van der Waals surface area (Å²) in [5.74, 6) is 0. The zero-order valence-electron chi connectivity index (χ0n) is 26.5. The van der Waals surface area contributed by atoms with Crippen LogP contribution in [-0.4, -0.2) is 0 Å². The van der Waals surface area contributed by atoms with Crippen molar-refractivity contribution in [3.8, 4) is 22.3 Å². The van der Waals surface area contributed by atoms with Crippen molar-refractivity contribution < 1.29 is 4.42 Å². The van der Waals surface area contributed by atoms with Gasteiger partial charge in [0.05, 0.1) is 0 Å². The van der Waals surface area contributed by atoms with E-state index in [0.29, 0.717) is 0 Å². The Kier molecular flexibility index (Phi) is 6.39. The molecule has 0 unspecified atom stereocenters. The van der Waals surface area contributed by atoms with Crippen molar-refractivity contribution in [1.29, 1.82) is 0 Å². The van der Waals surface area contributed by atoms with Gasteiger partial charge in [-0.15, -0.1) is 11.3 Å². The normalized spacial score (nSPS) is 11.7. The first kappa shape index (κ1) is 27.9. The minimum absolute atomic E-state index is 0.919. The van der Waals surface area contributed by atoms with Crippen molar-refractivity contribution >= 4 is 81.3 Å². The number of anilines is 3. The van der Waals surface area contributed by atoms with Crippen molar-refractivity contribution in [3.63, 3.8) is 0 Å². The van der Waals surface area contributed by atoms with E-state index in [1.165, 1.54) is 47.5 Å². The highest BCUT2D eigenvalue weighted by Gasteiger charge is 2.20. The lowest BCUT2D eigenvalue weighted by Crippen LogP contribution is -2.09. The zero-order chi connectivity index (χ0) is 32.3. The van der Waals surface area contributed by atoms with Gasteiger partial charge >= 0.3 is 0 Å². The van der Waals surface area contributed by atoms with Gasteiger partial charge in [0.25, 0.3) is 0 Å². The van der Waals surface area contributed by atoms with Gasteiger partial charge in [0.15, 0.2) is 0 Å². The summed E-state index contributed by atoms with van der Waals surface area (Å²) >= 11 is 1.85. The molecule has 0 aliphatic rings. The van der Waals surface area contributed by atoms with E-state index >= 15 is 0 Å². The predicted molar refractivity (Wildman–Crippen MR) is 210 cm³/mol. The van der Waals surface area contributed by atoms with Crippen LogP contribution in [0.2, 0.25) is 0 Å². The minimum atomic E-state index is 0.919. The van der Waals surface area contributed by atoms with E-state index in [0.717, 1.165) is 44.7 Å². The number of benzene rings is 8. The topological polar surface area (TPSA) is 16.4 Å². The van der Waals surface area contributed by atoms with Crippen LogP contribution >= 0.6 is 11.3 Å². The van der Waals surface area contributed by atoms with E-state index in [1.807, 2.05) is 17.4 Å². The first-order valence-corrected chi connectivity index (χ1v) is 17.4. The van der Waals surface area contributed by atoms with Gasteiger partial charge < -0.3 is 9.32 Å². The van der Waals surface area contributed by atoms with Crippen molar-refractivity contribution in [3.05, 3.63) is 176 Å². The van der Waals surface area contributed by atoms with E-state index in [9.17, 15) is 0 Å². The largest absolute Gasteiger partial charge is 0.455 e. The number of thiophene rings is 1. The highest BCUT2D eigenvalue weighted by molar-refractivity contribution is 7.26. The highest BCUT2D eigenvalue weighted by Crippen LogP contribution is 2.47. The maximum atomic E-state index is 6.63. The van der Waals surface area contributed by atoms with Gasteiger partial charge in [0.1, 0.15) is 11.2 Å². The van der Waals surface area contributed by atoms with Crippen LogP contribution < -0.4 is 4.90 Å². The Morgan fingerprint density at radius 1 is 0.429 bits per heavy atom. The Hall–Kier alpha value is -6.16. The summed E-state index contributed by atoms with van der Waals surface area (Å²) in [5, 5.41) is 7.43. The molecule has 0 spiro atoms. The Bertz CT molecular complexity index is 2810. The molecule has 0 N–H and O–H groups in total. The van der Waals surface area contributed by atoms with Crippen LogP contribution in [0.5, 0.6) is 0 Å². The molecule has 2 heterocycles. The fourth-order valence-electron chi connectivity index (χ4n) is 7.27. The minimum Gasteiger partial charge on any atom is -0.455 e. The van der Waals surface area contributed by atoms with Crippen LogP contribution in [0.1, 0.15) is 0 Å². The third-order valence-electron chi connectivity index (χ3n) is 9.65. The summed E-state index contributed by atoms with van der Waals surface area (Å²) in [6, 6.07) is 63.0. The number of furan rings is 1. The molecule has 10 rings (SSSR count). The van der Waals surface area contributed by atoms with E-state index in [-0.39, 0.29) is 0 Å². The molecule has 0 radical (unpaired) electrons. The first-order valence-electron chi connectivity index (χ1n) is 16.6.